The molecule has 24 heavy (non-hydrogen) atoms. The molecule has 0 spiro atoms. The zero-order valence-corrected chi connectivity index (χ0v) is 13.2. The monoisotopic (exact) mass is 326 g/mol. The molecule has 124 valence electrons. The number of carbonyl (C=O) groups is 2. The van der Waals surface area contributed by atoms with Gasteiger partial charge in [-0.2, -0.15) is 0 Å². The first-order valence-corrected chi connectivity index (χ1v) is 8.06. The number of nitrogens with one attached hydrogen (secondary N) is 2. The standard InChI is InChI=1S/C19H19FN2O2/c20-14-7-5-13(6-8-14)18(23)16-3-1-2-4-17(16)19(24)22-15-9-11-21-12-10-15/h1-8,15,21H,9-12H2,(H,22,24). The minimum atomic E-state index is -0.400. The van der Waals surface area contributed by atoms with Crippen LogP contribution in [0.5, 0.6) is 0 Å². The summed E-state index contributed by atoms with van der Waals surface area (Å²) in [6.07, 6.45) is 1.75. The van der Waals surface area contributed by atoms with Crippen LogP contribution >= 0.6 is 0 Å². The van der Waals surface area contributed by atoms with E-state index in [2.05, 4.69) is 10.6 Å². The third-order valence-electron chi connectivity index (χ3n) is 4.20. The third kappa shape index (κ3) is 3.68. The van der Waals surface area contributed by atoms with Crippen molar-refractivity contribution in [2.45, 2.75) is 18.9 Å². The average molecular weight is 326 g/mol. The second-order valence-corrected chi connectivity index (χ2v) is 5.88. The fourth-order valence-electron chi connectivity index (χ4n) is 2.87. The fourth-order valence-corrected chi connectivity index (χ4v) is 2.87. The van der Waals surface area contributed by atoms with E-state index < -0.39 is 5.82 Å². The highest BCUT2D eigenvalue weighted by Gasteiger charge is 2.21. The lowest BCUT2D eigenvalue weighted by Crippen LogP contribution is -2.43. The van der Waals surface area contributed by atoms with Gasteiger partial charge in [0.2, 0.25) is 0 Å². The Kier molecular flexibility index (Phi) is 5.01. The van der Waals surface area contributed by atoms with Gasteiger partial charge in [0.15, 0.2) is 5.78 Å². The highest BCUT2D eigenvalue weighted by molar-refractivity contribution is 6.15. The average Bonchev–Trinajstić information content (AvgIpc) is 2.62. The highest BCUT2D eigenvalue weighted by Crippen LogP contribution is 2.16. The van der Waals surface area contributed by atoms with Gasteiger partial charge in [-0.25, -0.2) is 4.39 Å². The molecular formula is C19H19FN2O2. The number of benzene rings is 2. The van der Waals surface area contributed by atoms with Crippen LogP contribution in [0.15, 0.2) is 48.5 Å². The van der Waals surface area contributed by atoms with Crippen molar-refractivity contribution < 1.29 is 14.0 Å². The molecular weight excluding hydrogens is 307 g/mol. The van der Waals surface area contributed by atoms with E-state index in [1.54, 1.807) is 24.3 Å². The molecule has 5 heteroatoms. The second kappa shape index (κ2) is 7.36. The van der Waals surface area contributed by atoms with Gasteiger partial charge in [0.1, 0.15) is 5.82 Å². The smallest absolute Gasteiger partial charge is 0.252 e. The first kappa shape index (κ1) is 16.3. The van der Waals surface area contributed by atoms with Crippen molar-refractivity contribution >= 4 is 11.7 Å². The Morgan fingerprint density at radius 2 is 1.58 bits per heavy atom. The van der Waals surface area contributed by atoms with E-state index in [0.717, 1.165) is 25.9 Å². The van der Waals surface area contributed by atoms with E-state index in [1.807, 2.05) is 0 Å². The second-order valence-electron chi connectivity index (χ2n) is 5.88. The molecule has 1 heterocycles. The quantitative estimate of drug-likeness (QED) is 0.849. The number of hydrogen-bond donors (Lipinski definition) is 2. The maximum atomic E-state index is 13.0. The predicted octanol–water partition coefficient (Wildman–Crippen LogP) is 2.54. The SMILES string of the molecule is O=C(NC1CCNCC1)c1ccccc1C(=O)c1ccc(F)cc1. The van der Waals surface area contributed by atoms with Gasteiger partial charge in [-0.15, -0.1) is 0 Å². The molecule has 0 aliphatic carbocycles. The van der Waals surface area contributed by atoms with Crippen LogP contribution in [0.1, 0.15) is 39.1 Å². The predicted molar refractivity (Wildman–Crippen MR) is 89.6 cm³/mol. The van der Waals surface area contributed by atoms with Crippen LogP contribution in [-0.4, -0.2) is 30.8 Å². The van der Waals surface area contributed by atoms with Gasteiger partial charge in [0.25, 0.3) is 5.91 Å². The van der Waals surface area contributed by atoms with E-state index in [9.17, 15) is 14.0 Å². The lowest BCUT2D eigenvalue weighted by Gasteiger charge is -2.24. The van der Waals surface area contributed by atoms with Gasteiger partial charge in [-0.05, 0) is 56.3 Å². The molecule has 4 nitrogen and oxygen atoms in total. The summed E-state index contributed by atoms with van der Waals surface area (Å²) in [5, 5.41) is 6.25. The zero-order chi connectivity index (χ0) is 16.9. The lowest BCUT2D eigenvalue weighted by molar-refractivity contribution is 0.0920. The molecule has 1 aliphatic heterocycles. The van der Waals surface area contributed by atoms with Crippen LogP contribution in [0, 0.1) is 5.82 Å². The van der Waals surface area contributed by atoms with Gasteiger partial charge in [-0.3, -0.25) is 9.59 Å². The Hall–Kier alpha value is -2.53. The van der Waals surface area contributed by atoms with E-state index in [1.165, 1.54) is 24.3 Å². The first-order chi connectivity index (χ1) is 11.6. The molecule has 1 saturated heterocycles. The van der Waals surface area contributed by atoms with Crippen LogP contribution in [0.4, 0.5) is 4.39 Å². The molecule has 0 radical (unpaired) electrons. The van der Waals surface area contributed by atoms with Gasteiger partial charge < -0.3 is 10.6 Å². The molecule has 0 unspecified atom stereocenters. The van der Waals surface area contributed by atoms with Crippen LogP contribution < -0.4 is 10.6 Å². The Labute approximate surface area is 140 Å². The normalized spacial score (nSPS) is 15.0. The summed E-state index contributed by atoms with van der Waals surface area (Å²) in [5.41, 5.74) is 1.04. The van der Waals surface area contributed by atoms with Crippen molar-refractivity contribution in [1.29, 1.82) is 0 Å². The topological polar surface area (TPSA) is 58.2 Å². The molecule has 0 aromatic heterocycles. The molecule has 0 atom stereocenters. The van der Waals surface area contributed by atoms with Crippen molar-refractivity contribution in [2.75, 3.05) is 13.1 Å². The number of ketones is 1. The van der Waals surface area contributed by atoms with Gasteiger partial charge in [0.05, 0.1) is 5.56 Å². The lowest BCUT2D eigenvalue weighted by atomic mass is 9.97. The summed E-state index contributed by atoms with van der Waals surface area (Å²) in [4.78, 5) is 25.2. The van der Waals surface area contributed by atoms with Crippen molar-refractivity contribution in [3.05, 3.63) is 71.0 Å². The summed E-state index contributed by atoms with van der Waals surface area (Å²) >= 11 is 0. The van der Waals surface area contributed by atoms with Gasteiger partial charge >= 0.3 is 0 Å². The van der Waals surface area contributed by atoms with E-state index in [-0.39, 0.29) is 17.7 Å². The maximum Gasteiger partial charge on any atom is 0.252 e. The van der Waals surface area contributed by atoms with Crippen molar-refractivity contribution in [3.63, 3.8) is 0 Å². The molecule has 2 aromatic carbocycles. The largest absolute Gasteiger partial charge is 0.349 e. The van der Waals surface area contributed by atoms with Crippen LogP contribution in [0.25, 0.3) is 0 Å². The molecule has 2 N–H and O–H groups in total. The Morgan fingerprint density at radius 3 is 2.25 bits per heavy atom. The first-order valence-electron chi connectivity index (χ1n) is 8.06. The molecule has 0 saturated carbocycles. The number of carbonyl (C=O) groups excluding carboxylic acids is 2. The third-order valence-corrected chi connectivity index (χ3v) is 4.20. The molecule has 0 bridgehead atoms. The minimum absolute atomic E-state index is 0.118. The van der Waals surface area contributed by atoms with E-state index in [4.69, 9.17) is 0 Å². The summed E-state index contributed by atoms with van der Waals surface area (Å²) in [5.74, 6) is -0.928. The maximum absolute atomic E-state index is 13.0. The van der Waals surface area contributed by atoms with Crippen LogP contribution in [0.3, 0.4) is 0 Å². The molecule has 1 aliphatic rings. The van der Waals surface area contributed by atoms with Gasteiger partial charge in [-0.1, -0.05) is 18.2 Å². The van der Waals surface area contributed by atoms with Crippen molar-refractivity contribution in [3.8, 4) is 0 Å². The van der Waals surface area contributed by atoms with Crippen molar-refractivity contribution in [2.24, 2.45) is 0 Å². The number of amides is 1. The Balaban J connectivity index is 1.83. The fraction of sp³-hybridized carbons (Fsp3) is 0.263. The number of halogens is 1. The molecule has 1 amide bonds. The summed E-state index contributed by atoms with van der Waals surface area (Å²) < 4.78 is 13.0. The number of hydrogen-bond acceptors (Lipinski definition) is 3. The van der Waals surface area contributed by atoms with E-state index >= 15 is 0 Å². The zero-order valence-electron chi connectivity index (χ0n) is 13.2. The molecule has 3 rings (SSSR count). The van der Waals surface area contributed by atoms with E-state index in [0.29, 0.717) is 16.7 Å². The molecule has 2 aromatic rings. The Bertz CT molecular complexity index is 737. The summed E-state index contributed by atoms with van der Waals surface area (Å²) in [6, 6.07) is 12.2. The van der Waals surface area contributed by atoms with Crippen molar-refractivity contribution in [1.82, 2.24) is 10.6 Å². The van der Waals surface area contributed by atoms with Crippen LogP contribution in [0.2, 0.25) is 0 Å². The summed E-state index contributed by atoms with van der Waals surface area (Å²) in [7, 11) is 0. The number of piperidine rings is 1. The van der Waals surface area contributed by atoms with Crippen LogP contribution in [-0.2, 0) is 0 Å². The summed E-state index contributed by atoms with van der Waals surface area (Å²) in [6.45, 7) is 1.75. The Morgan fingerprint density at radius 1 is 0.958 bits per heavy atom. The highest BCUT2D eigenvalue weighted by atomic mass is 19.1. The number of rotatable bonds is 4. The molecule has 1 fully saturated rings. The van der Waals surface area contributed by atoms with Gasteiger partial charge in [0, 0.05) is 17.2 Å². The minimum Gasteiger partial charge on any atom is -0.349 e.